The minimum Gasteiger partial charge on any atom is -0.379 e. The molecular formula is C25H27N3O4S. The predicted octanol–water partition coefficient (Wildman–Crippen LogP) is 3.35. The van der Waals surface area contributed by atoms with Crippen LogP contribution in [-0.2, 0) is 26.1 Å². The van der Waals surface area contributed by atoms with Gasteiger partial charge in [-0.15, -0.1) is 0 Å². The summed E-state index contributed by atoms with van der Waals surface area (Å²) in [5.74, 6) is -0.226. The first-order valence-electron chi connectivity index (χ1n) is 10.8. The summed E-state index contributed by atoms with van der Waals surface area (Å²) in [6.07, 6.45) is 0. The van der Waals surface area contributed by atoms with E-state index in [0.717, 1.165) is 11.3 Å². The quantitative estimate of drug-likeness (QED) is 0.552. The molecule has 1 aliphatic rings. The SMILES string of the molecule is O=C(CN(Cc1ccccc1)c1ccccc1)Nc1cccc(S(=O)(=O)N2CCOCC2)c1. The summed E-state index contributed by atoms with van der Waals surface area (Å²) in [7, 11) is -3.64. The van der Waals surface area contributed by atoms with Gasteiger partial charge in [-0.3, -0.25) is 4.79 Å². The number of nitrogens with zero attached hydrogens (tertiary/aromatic N) is 2. The Morgan fingerprint density at radius 2 is 1.58 bits per heavy atom. The van der Waals surface area contributed by atoms with E-state index in [1.54, 1.807) is 18.2 Å². The third-order valence-corrected chi connectivity index (χ3v) is 7.29. The highest BCUT2D eigenvalue weighted by atomic mass is 32.2. The number of anilines is 2. The Bertz CT molecular complexity index is 1160. The van der Waals surface area contributed by atoms with Gasteiger partial charge in [-0.25, -0.2) is 8.42 Å². The lowest BCUT2D eigenvalue weighted by Gasteiger charge is -2.26. The molecule has 3 aromatic rings. The van der Waals surface area contributed by atoms with Crippen molar-refractivity contribution in [2.24, 2.45) is 0 Å². The molecule has 8 heteroatoms. The molecule has 1 heterocycles. The maximum Gasteiger partial charge on any atom is 0.243 e. The van der Waals surface area contributed by atoms with Crippen LogP contribution < -0.4 is 10.2 Å². The van der Waals surface area contributed by atoms with Crippen LogP contribution in [0, 0.1) is 0 Å². The van der Waals surface area contributed by atoms with E-state index >= 15 is 0 Å². The molecule has 33 heavy (non-hydrogen) atoms. The Morgan fingerprint density at radius 3 is 2.27 bits per heavy atom. The van der Waals surface area contributed by atoms with Gasteiger partial charge in [-0.1, -0.05) is 54.6 Å². The largest absolute Gasteiger partial charge is 0.379 e. The molecule has 0 saturated carbocycles. The van der Waals surface area contributed by atoms with Crippen LogP contribution in [0.2, 0.25) is 0 Å². The zero-order valence-electron chi connectivity index (χ0n) is 18.3. The molecule has 1 fully saturated rings. The average Bonchev–Trinajstić information content (AvgIpc) is 2.85. The van der Waals surface area contributed by atoms with Gasteiger partial charge in [-0.05, 0) is 35.9 Å². The summed E-state index contributed by atoms with van der Waals surface area (Å²) in [6, 6.07) is 26.1. The van der Waals surface area contributed by atoms with Crippen LogP contribution in [0.15, 0.2) is 89.8 Å². The predicted molar refractivity (Wildman–Crippen MR) is 129 cm³/mol. The van der Waals surface area contributed by atoms with Crippen molar-refractivity contribution in [3.63, 3.8) is 0 Å². The van der Waals surface area contributed by atoms with Crippen molar-refractivity contribution < 1.29 is 17.9 Å². The molecule has 0 radical (unpaired) electrons. The molecule has 0 atom stereocenters. The monoisotopic (exact) mass is 465 g/mol. The topological polar surface area (TPSA) is 79.0 Å². The normalized spacial score (nSPS) is 14.5. The average molecular weight is 466 g/mol. The fourth-order valence-electron chi connectivity index (χ4n) is 3.73. The van der Waals surface area contributed by atoms with Gasteiger partial charge in [0.25, 0.3) is 0 Å². The fraction of sp³-hybridized carbons (Fsp3) is 0.240. The second kappa shape index (κ2) is 10.6. The Morgan fingerprint density at radius 1 is 0.909 bits per heavy atom. The van der Waals surface area contributed by atoms with E-state index in [-0.39, 0.29) is 17.3 Å². The van der Waals surface area contributed by atoms with Gasteiger partial charge in [-0.2, -0.15) is 4.31 Å². The van der Waals surface area contributed by atoms with E-state index < -0.39 is 10.0 Å². The lowest BCUT2D eigenvalue weighted by molar-refractivity contribution is -0.115. The minimum absolute atomic E-state index is 0.124. The first kappa shape index (κ1) is 23.0. The number of sulfonamides is 1. The molecule has 1 saturated heterocycles. The van der Waals surface area contributed by atoms with Crippen molar-refractivity contribution in [1.82, 2.24) is 4.31 Å². The molecule has 1 aliphatic heterocycles. The van der Waals surface area contributed by atoms with Gasteiger partial charge in [0.15, 0.2) is 0 Å². The van der Waals surface area contributed by atoms with Crippen molar-refractivity contribution in [2.75, 3.05) is 43.1 Å². The van der Waals surface area contributed by atoms with Crippen LogP contribution in [0.5, 0.6) is 0 Å². The number of carbonyl (C=O) groups excluding carboxylic acids is 1. The summed E-state index contributed by atoms with van der Waals surface area (Å²) in [5, 5.41) is 2.86. The van der Waals surface area contributed by atoms with Crippen LogP contribution in [0.4, 0.5) is 11.4 Å². The Balaban J connectivity index is 1.48. The molecule has 1 amide bonds. The zero-order chi connectivity index (χ0) is 23.1. The van der Waals surface area contributed by atoms with Crippen molar-refractivity contribution in [1.29, 1.82) is 0 Å². The van der Waals surface area contributed by atoms with Crippen molar-refractivity contribution >= 4 is 27.3 Å². The highest BCUT2D eigenvalue weighted by Gasteiger charge is 2.26. The van der Waals surface area contributed by atoms with E-state index in [4.69, 9.17) is 4.74 Å². The molecule has 172 valence electrons. The Hall–Kier alpha value is -3.20. The number of rotatable bonds is 8. The standard InChI is InChI=1S/C25H27N3O4S/c29-25(20-27(23-11-5-2-6-12-23)19-21-8-3-1-4-9-21)26-22-10-7-13-24(18-22)33(30,31)28-14-16-32-17-15-28/h1-13,18H,14-17,19-20H2,(H,26,29). The molecule has 3 aromatic carbocycles. The third-order valence-electron chi connectivity index (χ3n) is 5.40. The van der Waals surface area contributed by atoms with E-state index in [9.17, 15) is 13.2 Å². The number of hydrogen-bond donors (Lipinski definition) is 1. The van der Waals surface area contributed by atoms with Crippen LogP contribution in [0.25, 0.3) is 0 Å². The summed E-state index contributed by atoms with van der Waals surface area (Å²) in [5.41, 5.74) is 2.47. The third kappa shape index (κ3) is 5.98. The van der Waals surface area contributed by atoms with Crippen LogP contribution >= 0.6 is 0 Å². The van der Waals surface area contributed by atoms with Crippen molar-refractivity contribution in [3.8, 4) is 0 Å². The molecular weight excluding hydrogens is 438 g/mol. The van der Waals surface area contributed by atoms with Crippen LogP contribution in [-0.4, -0.2) is 51.5 Å². The molecule has 0 aromatic heterocycles. The van der Waals surface area contributed by atoms with Gasteiger partial charge >= 0.3 is 0 Å². The number of benzene rings is 3. The smallest absolute Gasteiger partial charge is 0.243 e. The van der Waals surface area contributed by atoms with Gasteiger partial charge < -0.3 is 15.0 Å². The molecule has 0 unspecified atom stereocenters. The number of para-hydroxylation sites is 1. The maximum atomic E-state index is 12.9. The summed E-state index contributed by atoms with van der Waals surface area (Å²) in [4.78, 5) is 15.1. The molecule has 1 N–H and O–H groups in total. The summed E-state index contributed by atoms with van der Waals surface area (Å²) < 4.78 is 32.5. The Kier molecular flexibility index (Phi) is 7.39. The first-order valence-corrected chi connectivity index (χ1v) is 12.3. The van der Waals surface area contributed by atoms with E-state index in [1.807, 2.05) is 65.6 Å². The van der Waals surface area contributed by atoms with Crippen molar-refractivity contribution in [2.45, 2.75) is 11.4 Å². The number of morpholine rings is 1. The highest BCUT2D eigenvalue weighted by molar-refractivity contribution is 7.89. The van der Waals surface area contributed by atoms with Gasteiger partial charge in [0.2, 0.25) is 15.9 Å². The Labute approximate surface area is 194 Å². The minimum atomic E-state index is -3.64. The van der Waals surface area contributed by atoms with E-state index in [0.29, 0.717) is 38.5 Å². The fourth-order valence-corrected chi connectivity index (χ4v) is 5.18. The molecule has 0 aliphatic carbocycles. The van der Waals surface area contributed by atoms with E-state index in [1.165, 1.54) is 10.4 Å². The molecule has 4 rings (SSSR count). The zero-order valence-corrected chi connectivity index (χ0v) is 19.1. The van der Waals surface area contributed by atoms with Gasteiger partial charge in [0, 0.05) is 31.0 Å². The van der Waals surface area contributed by atoms with E-state index in [2.05, 4.69) is 5.32 Å². The van der Waals surface area contributed by atoms with Crippen LogP contribution in [0.3, 0.4) is 0 Å². The van der Waals surface area contributed by atoms with Gasteiger partial charge in [0.1, 0.15) is 0 Å². The molecule has 0 bridgehead atoms. The maximum absolute atomic E-state index is 12.9. The number of carbonyl (C=O) groups is 1. The number of nitrogens with one attached hydrogen (secondary N) is 1. The second-order valence-corrected chi connectivity index (χ2v) is 9.71. The van der Waals surface area contributed by atoms with Gasteiger partial charge in [0.05, 0.1) is 24.7 Å². The first-order chi connectivity index (χ1) is 16.0. The molecule has 0 spiro atoms. The number of hydrogen-bond acceptors (Lipinski definition) is 5. The molecule has 7 nitrogen and oxygen atoms in total. The lowest BCUT2D eigenvalue weighted by Crippen LogP contribution is -2.40. The summed E-state index contributed by atoms with van der Waals surface area (Å²) >= 11 is 0. The van der Waals surface area contributed by atoms with Crippen LogP contribution in [0.1, 0.15) is 5.56 Å². The number of amides is 1. The lowest BCUT2D eigenvalue weighted by atomic mass is 10.2. The number of ether oxygens (including phenoxy) is 1. The van der Waals surface area contributed by atoms with Crippen molar-refractivity contribution in [3.05, 3.63) is 90.5 Å². The second-order valence-electron chi connectivity index (χ2n) is 7.77. The summed E-state index contributed by atoms with van der Waals surface area (Å²) in [6.45, 7) is 2.11. The highest BCUT2D eigenvalue weighted by Crippen LogP contribution is 2.21.